The van der Waals surface area contributed by atoms with E-state index in [1.807, 2.05) is 0 Å². The van der Waals surface area contributed by atoms with Crippen molar-refractivity contribution in [3.63, 3.8) is 0 Å². The van der Waals surface area contributed by atoms with E-state index in [1.54, 1.807) is 6.07 Å². The summed E-state index contributed by atoms with van der Waals surface area (Å²) in [6.07, 6.45) is 3.98. The van der Waals surface area contributed by atoms with Gasteiger partial charge >= 0.3 is 11.9 Å². The molecule has 11 nitrogen and oxygen atoms in total. The molecule has 3 unspecified atom stereocenters. The Morgan fingerprint density at radius 1 is 1.19 bits per heavy atom. The smallest absolute Gasteiger partial charge is 0.326 e. The van der Waals surface area contributed by atoms with E-state index in [0.717, 1.165) is 19.3 Å². The number of nitrogens with one attached hydrogen (secondary N) is 1. The zero-order chi connectivity index (χ0) is 25.7. The van der Waals surface area contributed by atoms with Gasteiger partial charge in [0.1, 0.15) is 17.5 Å². The quantitative estimate of drug-likeness (QED) is 0.317. The number of esters is 1. The standard InChI is InChI=1S/C25H27N3O8/c1-35-23(32)25-11-14-6-15(12-25)10-24(9-14,13-25)22(31)26-20(21(29)30)8-18-7-19(27-36-18)16-2-4-17(5-3-16)28(33)34/h2-5,7,14-15,20H,6,8-13H2,1H3,(H,26,31)(H,29,30). The molecule has 0 radical (unpaired) electrons. The first-order valence-electron chi connectivity index (χ1n) is 12.0. The molecule has 4 aliphatic carbocycles. The van der Waals surface area contributed by atoms with Crippen LogP contribution in [-0.4, -0.2) is 46.2 Å². The van der Waals surface area contributed by atoms with Gasteiger partial charge in [0, 0.05) is 30.2 Å². The molecule has 1 aromatic carbocycles. The van der Waals surface area contributed by atoms with E-state index in [1.165, 1.54) is 31.4 Å². The molecule has 1 aromatic heterocycles. The highest BCUT2D eigenvalue weighted by Crippen LogP contribution is 2.65. The molecule has 4 saturated carbocycles. The molecule has 2 aromatic rings. The van der Waals surface area contributed by atoms with Crippen LogP contribution in [0.15, 0.2) is 34.9 Å². The monoisotopic (exact) mass is 497 g/mol. The minimum Gasteiger partial charge on any atom is -0.480 e. The first-order chi connectivity index (χ1) is 17.1. The molecule has 4 bridgehead atoms. The number of ether oxygens (including phenoxy) is 1. The number of carboxylic acid groups (broad SMARTS) is 1. The topological polar surface area (TPSA) is 162 Å². The van der Waals surface area contributed by atoms with Crippen molar-refractivity contribution in [2.45, 2.75) is 51.0 Å². The summed E-state index contributed by atoms with van der Waals surface area (Å²) in [6.45, 7) is 0. The third kappa shape index (κ3) is 4.12. The number of methoxy groups -OCH3 is 1. The van der Waals surface area contributed by atoms with Gasteiger partial charge in [-0.15, -0.1) is 0 Å². The Kier molecular flexibility index (Phi) is 5.80. The minimum atomic E-state index is -1.24. The van der Waals surface area contributed by atoms with E-state index in [9.17, 15) is 29.6 Å². The second-order valence-electron chi connectivity index (χ2n) is 10.6. The molecule has 4 fully saturated rings. The number of carbonyl (C=O) groups is 3. The van der Waals surface area contributed by atoms with Crippen LogP contribution in [0.3, 0.4) is 0 Å². The number of aromatic nitrogens is 1. The molecule has 1 amide bonds. The van der Waals surface area contributed by atoms with E-state index in [0.29, 0.717) is 30.5 Å². The van der Waals surface area contributed by atoms with Gasteiger partial charge in [-0.05, 0) is 62.5 Å². The van der Waals surface area contributed by atoms with Crippen LogP contribution in [0.1, 0.15) is 44.3 Å². The van der Waals surface area contributed by atoms with Crippen LogP contribution in [0, 0.1) is 32.8 Å². The number of rotatable bonds is 8. The van der Waals surface area contributed by atoms with Crippen LogP contribution in [0.4, 0.5) is 5.69 Å². The number of amides is 1. The van der Waals surface area contributed by atoms with Gasteiger partial charge in [0.2, 0.25) is 5.91 Å². The molecule has 36 heavy (non-hydrogen) atoms. The molecule has 4 aliphatic rings. The largest absolute Gasteiger partial charge is 0.480 e. The fraction of sp³-hybridized carbons (Fsp3) is 0.520. The van der Waals surface area contributed by atoms with Crippen LogP contribution in [0.25, 0.3) is 11.3 Å². The maximum Gasteiger partial charge on any atom is 0.326 e. The van der Waals surface area contributed by atoms with Crippen molar-refractivity contribution >= 4 is 23.5 Å². The Balaban J connectivity index is 1.31. The fourth-order valence-corrected chi connectivity index (χ4v) is 7.00. The highest BCUT2D eigenvalue weighted by molar-refractivity contribution is 5.89. The molecule has 2 N–H and O–H groups in total. The van der Waals surface area contributed by atoms with Crippen LogP contribution in [0.2, 0.25) is 0 Å². The Bertz CT molecular complexity index is 1210. The number of hydrogen-bond donors (Lipinski definition) is 2. The predicted octanol–water partition coefficient (Wildman–Crippen LogP) is 3.12. The maximum atomic E-state index is 13.5. The Hall–Kier alpha value is -3.76. The number of non-ortho nitro benzene ring substituents is 1. The molecule has 6 rings (SSSR count). The molecule has 190 valence electrons. The second-order valence-corrected chi connectivity index (χ2v) is 10.6. The third-order valence-electron chi connectivity index (χ3n) is 8.10. The Morgan fingerprint density at radius 3 is 2.42 bits per heavy atom. The minimum absolute atomic E-state index is 0.0604. The summed E-state index contributed by atoms with van der Waals surface area (Å²) in [6, 6.07) is 6.06. The average molecular weight is 498 g/mol. The van der Waals surface area contributed by atoms with Crippen molar-refractivity contribution in [2.75, 3.05) is 7.11 Å². The SMILES string of the molecule is COC(=O)C12CC3CC(CC(C(=O)NC(Cc4cc(-c5ccc([N+](=O)[O-])cc5)no4)C(=O)O)(C3)C1)C2. The number of hydrogen-bond acceptors (Lipinski definition) is 8. The van der Waals surface area contributed by atoms with Gasteiger partial charge in [-0.2, -0.15) is 0 Å². The van der Waals surface area contributed by atoms with Gasteiger partial charge in [0.15, 0.2) is 0 Å². The van der Waals surface area contributed by atoms with Gasteiger partial charge < -0.3 is 19.7 Å². The lowest BCUT2D eigenvalue weighted by atomic mass is 9.44. The Morgan fingerprint density at radius 2 is 1.83 bits per heavy atom. The zero-order valence-corrected chi connectivity index (χ0v) is 19.8. The number of carboxylic acids is 1. The van der Waals surface area contributed by atoms with Crippen molar-refractivity contribution in [2.24, 2.45) is 22.7 Å². The van der Waals surface area contributed by atoms with Gasteiger partial charge in [-0.1, -0.05) is 5.16 Å². The lowest BCUT2D eigenvalue weighted by Crippen LogP contribution is -2.61. The summed E-state index contributed by atoms with van der Waals surface area (Å²) < 4.78 is 10.4. The van der Waals surface area contributed by atoms with Crippen molar-refractivity contribution < 1.29 is 33.7 Å². The molecule has 0 aliphatic heterocycles. The van der Waals surface area contributed by atoms with Crippen LogP contribution < -0.4 is 5.32 Å². The average Bonchev–Trinajstić information content (AvgIpc) is 3.30. The van der Waals surface area contributed by atoms with Gasteiger partial charge in [0.25, 0.3) is 5.69 Å². The van der Waals surface area contributed by atoms with E-state index in [2.05, 4.69) is 10.5 Å². The van der Waals surface area contributed by atoms with Crippen molar-refractivity contribution in [3.05, 3.63) is 46.2 Å². The number of nitrogens with zero attached hydrogens (tertiary/aromatic N) is 2. The lowest BCUT2D eigenvalue weighted by Gasteiger charge is -2.59. The predicted molar refractivity (Wildman–Crippen MR) is 123 cm³/mol. The van der Waals surface area contributed by atoms with E-state index in [4.69, 9.17) is 9.26 Å². The van der Waals surface area contributed by atoms with Crippen molar-refractivity contribution in [1.82, 2.24) is 10.5 Å². The van der Waals surface area contributed by atoms with Crippen LogP contribution >= 0.6 is 0 Å². The summed E-state index contributed by atoms with van der Waals surface area (Å²) in [5, 5.41) is 27.3. The van der Waals surface area contributed by atoms with Crippen molar-refractivity contribution in [1.29, 1.82) is 0 Å². The van der Waals surface area contributed by atoms with Crippen LogP contribution in [0.5, 0.6) is 0 Å². The summed E-state index contributed by atoms with van der Waals surface area (Å²) in [5.41, 5.74) is -0.531. The molecule has 11 heteroatoms. The number of carbonyl (C=O) groups excluding carboxylic acids is 2. The molecule has 1 heterocycles. The fourth-order valence-electron chi connectivity index (χ4n) is 7.00. The number of nitro benzene ring substituents is 1. The number of nitro groups is 1. The number of aliphatic carboxylic acids is 1. The van der Waals surface area contributed by atoms with Gasteiger partial charge in [0.05, 0.1) is 22.9 Å². The molecule has 3 atom stereocenters. The highest BCUT2D eigenvalue weighted by atomic mass is 16.6. The maximum absolute atomic E-state index is 13.5. The third-order valence-corrected chi connectivity index (χ3v) is 8.10. The molecule has 0 spiro atoms. The number of benzene rings is 1. The second kappa shape index (κ2) is 8.72. The summed E-state index contributed by atoms with van der Waals surface area (Å²) >= 11 is 0. The summed E-state index contributed by atoms with van der Waals surface area (Å²) in [5.74, 6) is -1.07. The van der Waals surface area contributed by atoms with Gasteiger partial charge in [-0.3, -0.25) is 19.7 Å². The van der Waals surface area contributed by atoms with Gasteiger partial charge in [-0.25, -0.2) is 4.79 Å². The highest BCUT2D eigenvalue weighted by Gasteiger charge is 2.63. The first-order valence-corrected chi connectivity index (χ1v) is 12.0. The van der Waals surface area contributed by atoms with E-state index >= 15 is 0 Å². The van der Waals surface area contributed by atoms with Crippen molar-refractivity contribution in [3.8, 4) is 11.3 Å². The first kappa shape index (κ1) is 24.0. The Labute approximate surface area is 206 Å². The normalized spacial score (nSPS) is 28.9. The molecule has 0 saturated heterocycles. The van der Waals surface area contributed by atoms with E-state index in [-0.39, 0.29) is 41.6 Å². The summed E-state index contributed by atoms with van der Waals surface area (Å²) in [7, 11) is 1.37. The van der Waals surface area contributed by atoms with Crippen LogP contribution in [-0.2, 0) is 25.5 Å². The molecular weight excluding hydrogens is 470 g/mol. The van der Waals surface area contributed by atoms with E-state index < -0.39 is 27.8 Å². The summed E-state index contributed by atoms with van der Waals surface area (Å²) in [4.78, 5) is 48.6. The molecular formula is C25H27N3O8. The zero-order valence-electron chi connectivity index (χ0n) is 19.8. The lowest BCUT2D eigenvalue weighted by molar-refractivity contribution is -0.384.